The van der Waals surface area contributed by atoms with Crippen molar-refractivity contribution in [2.75, 3.05) is 0 Å². The van der Waals surface area contributed by atoms with Crippen molar-refractivity contribution in [1.82, 2.24) is 0 Å². The lowest BCUT2D eigenvalue weighted by Crippen LogP contribution is -2.34. The fraction of sp³-hybridized carbons (Fsp3) is 0.450. The van der Waals surface area contributed by atoms with Gasteiger partial charge in [-0.05, 0) is 50.8 Å². The van der Waals surface area contributed by atoms with Gasteiger partial charge in [0.2, 0.25) is 0 Å². The Morgan fingerprint density at radius 3 is 2.67 bits per heavy atom. The molecule has 1 heterocycles. The minimum Gasteiger partial charge on any atom is -0.507 e. The van der Waals surface area contributed by atoms with Crippen LogP contribution in [-0.2, 0) is 11.8 Å². The van der Waals surface area contributed by atoms with E-state index in [1.54, 1.807) is 6.08 Å². The Kier molecular flexibility index (Phi) is 2.97. The number of ketones is 1. The molecule has 3 aliphatic rings. The van der Waals surface area contributed by atoms with Crippen LogP contribution in [0.4, 0.5) is 0 Å². The quantitative estimate of drug-likeness (QED) is 0.709. The van der Waals surface area contributed by atoms with Crippen LogP contribution in [0.25, 0.3) is 0 Å². The van der Waals surface area contributed by atoms with Crippen molar-refractivity contribution in [2.24, 2.45) is 0 Å². The summed E-state index contributed by atoms with van der Waals surface area (Å²) in [5.74, 6) is 0.114. The Bertz CT molecular complexity index is 859. The average molecular weight is 326 g/mol. The number of carbonyl (C=O) groups is 1. The Balaban J connectivity index is 2.06. The van der Waals surface area contributed by atoms with Crippen molar-refractivity contribution in [3.63, 3.8) is 0 Å². The van der Waals surface area contributed by atoms with Crippen LogP contribution in [-0.4, -0.2) is 22.1 Å². The second kappa shape index (κ2) is 4.65. The molecule has 0 bridgehead atoms. The largest absolute Gasteiger partial charge is 0.507 e. The minimum atomic E-state index is -0.487. The fourth-order valence-electron chi connectivity index (χ4n) is 4.51. The Hall–Kier alpha value is -2.23. The number of hydrogen-bond donors (Lipinski definition) is 2. The zero-order valence-corrected chi connectivity index (χ0v) is 14.5. The van der Waals surface area contributed by atoms with Gasteiger partial charge in [-0.15, -0.1) is 0 Å². The van der Waals surface area contributed by atoms with Gasteiger partial charge in [0.1, 0.15) is 11.9 Å². The molecule has 0 aromatic heterocycles. The summed E-state index contributed by atoms with van der Waals surface area (Å²) in [5.41, 5.74) is 4.17. The summed E-state index contributed by atoms with van der Waals surface area (Å²) in [6.45, 7) is 8.05. The predicted octanol–water partition coefficient (Wildman–Crippen LogP) is 3.93. The summed E-state index contributed by atoms with van der Waals surface area (Å²) in [6.07, 6.45) is 3.73. The number of hydrogen-bond acceptors (Lipinski definition) is 4. The lowest BCUT2D eigenvalue weighted by molar-refractivity contribution is 0.103. The summed E-state index contributed by atoms with van der Waals surface area (Å²) in [4.78, 5) is 12.8. The van der Waals surface area contributed by atoms with Gasteiger partial charge in [-0.1, -0.05) is 12.5 Å². The lowest BCUT2D eigenvalue weighted by Gasteiger charge is -2.42. The highest BCUT2D eigenvalue weighted by atomic mass is 16.5. The van der Waals surface area contributed by atoms with Gasteiger partial charge in [-0.25, -0.2) is 0 Å². The third-order valence-electron chi connectivity index (χ3n) is 6.02. The molecule has 126 valence electrons. The van der Waals surface area contributed by atoms with Crippen molar-refractivity contribution < 1.29 is 19.7 Å². The summed E-state index contributed by atoms with van der Waals surface area (Å²) < 4.78 is 5.74. The molecule has 4 heteroatoms. The number of rotatable bonds is 0. The second-order valence-corrected chi connectivity index (χ2v) is 7.55. The molecule has 0 saturated heterocycles. The molecule has 0 spiro atoms. The summed E-state index contributed by atoms with van der Waals surface area (Å²) in [6, 6.07) is 0. The van der Waals surface area contributed by atoms with E-state index >= 15 is 0 Å². The van der Waals surface area contributed by atoms with E-state index in [-0.39, 0.29) is 28.9 Å². The van der Waals surface area contributed by atoms with Crippen LogP contribution in [0, 0.1) is 0 Å². The minimum absolute atomic E-state index is 0.0207. The first kappa shape index (κ1) is 15.3. The van der Waals surface area contributed by atoms with Crippen LogP contribution in [0.15, 0.2) is 22.8 Å². The molecule has 4 nitrogen and oxygen atoms in total. The molecular weight excluding hydrogens is 304 g/mol. The summed E-state index contributed by atoms with van der Waals surface area (Å²) >= 11 is 0. The SMILES string of the molecule is CC1=C(C)C2=CC(=O)c3c(O)c4c(c(O)c3[C@]2(C)CC1)O[C@@H](C)C4. The molecule has 2 atom stereocenters. The van der Waals surface area contributed by atoms with Gasteiger partial charge in [0.05, 0.1) is 5.56 Å². The Labute approximate surface area is 141 Å². The van der Waals surface area contributed by atoms with Gasteiger partial charge in [0.15, 0.2) is 17.3 Å². The maximum absolute atomic E-state index is 12.8. The summed E-state index contributed by atoms with van der Waals surface area (Å²) in [7, 11) is 0. The first-order valence-corrected chi connectivity index (χ1v) is 8.46. The van der Waals surface area contributed by atoms with E-state index < -0.39 is 5.41 Å². The molecule has 1 aromatic carbocycles. The molecule has 0 saturated carbocycles. The van der Waals surface area contributed by atoms with E-state index in [0.717, 1.165) is 24.0 Å². The van der Waals surface area contributed by atoms with Crippen molar-refractivity contribution in [3.8, 4) is 17.2 Å². The smallest absolute Gasteiger partial charge is 0.190 e. The van der Waals surface area contributed by atoms with Crippen LogP contribution in [0.1, 0.15) is 62.0 Å². The number of ether oxygens (including phenoxy) is 1. The number of phenolic OH excluding ortho intramolecular Hbond substituents is 2. The first-order chi connectivity index (χ1) is 11.3. The van der Waals surface area contributed by atoms with Gasteiger partial charge in [0.25, 0.3) is 0 Å². The molecular formula is C20H22O4. The number of phenols is 2. The van der Waals surface area contributed by atoms with E-state index in [2.05, 4.69) is 6.92 Å². The van der Waals surface area contributed by atoms with Gasteiger partial charge < -0.3 is 14.9 Å². The highest BCUT2D eigenvalue weighted by Gasteiger charge is 2.46. The topological polar surface area (TPSA) is 66.8 Å². The predicted molar refractivity (Wildman–Crippen MR) is 90.9 cm³/mol. The van der Waals surface area contributed by atoms with Crippen LogP contribution >= 0.6 is 0 Å². The summed E-state index contributed by atoms with van der Waals surface area (Å²) in [5, 5.41) is 21.7. The van der Waals surface area contributed by atoms with E-state index in [1.807, 2.05) is 20.8 Å². The molecule has 4 rings (SSSR count). The normalized spacial score (nSPS) is 28.1. The molecule has 2 N–H and O–H groups in total. The Morgan fingerprint density at radius 2 is 1.96 bits per heavy atom. The van der Waals surface area contributed by atoms with Crippen LogP contribution in [0.2, 0.25) is 0 Å². The molecule has 24 heavy (non-hydrogen) atoms. The van der Waals surface area contributed by atoms with Gasteiger partial charge in [-0.2, -0.15) is 0 Å². The number of fused-ring (bicyclic) bond motifs is 4. The van der Waals surface area contributed by atoms with Gasteiger partial charge in [-0.3, -0.25) is 4.79 Å². The number of benzene rings is 1. The van der Waals surface area contributed by atoms with Crippen molar-refractivity contribution in [2.45, 2.75) is 58.5 Å². The third kappa shape index (κ3) is 1.71. The zero-order chi connectivity index (χ0) is 17.4. The van der Waals surface area contributed by atoms with E-state index in [4.69, 9.17) is 4.74 Å². The molecule has 0 unspecified atom stereocenters. The standard InChI is InChI=1S/C20H22O4/c1-9-5-6-20(4)13(11(9)3)8-14(21)15-16(20)18(23)19-12(17(15)22)7-10(2)24-19/h8,10,22-23H,5-7H2,1-4H3/t10-,20+/m0/s1. The lowest BCUT2D eigenvalue weighted by atomic mass is 9.61. The van der Waals surface area contributed by atoms with Gasteiger partial charge in [0, 0.05) is 23.0 Å². The average Bonchev–Trinajstić information content (AvgIpc) is 2.92. The van der Waals surface area contributed by atoms with Crippen LogP contribution in [0.5, 0.6) is 17.2 Å². The van der Waals surface area contributed by atoms with Crippen molar-refractivity contribution in [1.29, 1.82) is 0 Å². The molecule has 0 radical (unpaired) electrons. The highest BCUT2D eigenvalue weighted by Crippen LogP contribution is 2.58. The van der Waals surface area contributed by atoms with Gasteiger partial charge >= 0.3 is 0 Å². The van der Waals surface area contributed by atoms with E-state index in [0.29, 0.717) is 23.3 Å². The zero-order valence-electron chi connectivity index (χ0n) is 14.5. The second-order valence-electron chi connectivity index (χ2n) is 7.55. The maximum Gasteiger partial charge on any atom is 0.190 e. The molecule has 0 amide bonds. The molecule has 0 fully saturated rings. The van der Waals surface area contributed by atoms with E-state index in [1.165, 1.54) is 5.57 Å². The third-order valence-corrected chi connectivity index (χ3v) is 6.02. The van der Waals surface area contributed by atoms with Crippen LogP contribution in [0.3, 0.4) is 0 Å². The number of allylic oxidation sites excluding steroid dienone is 4. The Morgan fingerprint density at radius 1 is 1.25 bits per heavy atom. The molecule has 2 aliphatic carbocycles. The molecule has 1 aliphatic heterocycles. The first-order valence-electron chi connectivity index (χ1n) is 8.46. The molecule has 1 aromatic rings. The maximum atomic E-state index is 12.8. The van der Waals surface area contributed by atoms with E-state index in [9.17, 15) is 15.0 Å². The van der Waals surface area contributed by atoms with Crippen LogP contribution < -0.4 is 4.74 Å². The highest BCUT2D eigenvalue weighted by molar-refractivity contribution is 6.12. The fourth-order valence-corrected chi connectivity index (χ4v) is 4.51. The van der Waals surface area contributed by atoms with Crippen molar-refractivity contribution in [3.05, 3.63) is 39.5 Å². The monoisotopic (exact) mass is 326 g/mol. The van der Waals surface area contributed by atoms with Crippen molar-refractivity contribution >= 4 is 5.78 Å². The number of carbonyl (C=O) groups excluding carboxylic acids is 1. The number of aromatic hydroxyl groups is 2.